The summed E-state index contributed by atoms with van der Waals surface area (Å²) in [6, 6.07) is 4.99. The molecule has 0 atom stereocenters. The van der Waals surface area contributed by atoms with Crippen molar-refractivity contribution >= 4 is 0 Å². The van der Waals surface area contributed by atoms with E-state index in [1.54, 1.807) is 0 Å². The van der Waals surface area contributed by atoms with Crippen LogP contribution in [0.15, 0.2) is 12.1 Å². The second kappa shape index (κ2) is 2.47. The highest BCUT2D eigenvalue weighted by atomic mass is 16.5. The van der Waals surface area contributed by atoms with Crippen LogP contribution in [0.3, 0.4) is 0 Å². The highest BCUT2D eigenvalue weighted by Gasteiger charge is 1.99. The van der Waals surface area contributed by atoms with Crippen molar-refractivity contribution in [2.24, 2.45) is 0 Å². The second-order valence-corrected chi connectivity index (χ2v) is 1.77. The van der Waals surface area contributed by atoms with E-state index >= 15 is 0 Å². The number of hydrogen-bond donors (Lipinski definition) is 2. The Bertz CT molecular complexity index is 232. The number of rotatable bonds is 1. The van der Waals surface area contributed by atoms with Gasteiger partial charge in [0, 0.05) is 12.1 Å². The third-order valence-electron chi connectivity index (χ3n) is 1.10. The molecule has 0 saturated carbocycles. The largest absolute Gasteiger partial charge is 0.507 e. The molecule has 2 N–H and O–H groups in total. The average molecular weight is 139 g/mol. The molecule has 0 unspecified atom stereocenters. The quantitative estimate of drug-likeness (QED) is 0.607. The summed E-state index contributed by atoms with van der Waals surface area (Å²) in [5.74, 6) is 0.120. The Labute approximate surface area is 58.5 Å². The number of ether oxygens (including phenoxy) is 1. The Morgan fingerprint density at radius 2 is 2.20 bits per heavy atom. The fourth-order valence-corrected chi connectivity index (χ4v) is 0.619. The van der Waals surface area contributed by atoms with Crippen molar-refractivity contribution in [3.05, 3.63) is 18.2 Å². The molecule has 0 saturated heterocycles. The van der Waals surface area contributed by atoms with Crippen molar-refractivity contribution in [3.8, 4) is 17.2 Å². The summed E-state index contributed by atoms with van der Waals surface area (Å²) in [6.07, 6.45) is 0. The van der Waals surface area contributed by atoms with E-state index in [1.165, 1.54) is 19.2 Å². The Balaban J connectivity index is 3.07. The minimum absolute atomic E-state index is 0.0845. The van der Waals surface area contributed by atoms with E-state index in [0.29, 0.717) is 5.75 Å². The molecule has 1 radical (unpaired) electrons. The van der Waals surface area contributed by atoms with Crippen molar-refractivity contribution in [1.82, 2.24) is 0 Å². The van der Waals surface area contributed by atoms with Crippen LogP contribution in [0.2, 0.25) is 0 Å². The van der Waals surface area contributed by atoms with Crippen LogP contribution in [0.1, 0.15) is 0 Å². The van der Waals surface area contributed by atoms with Gasteiger partial charge in [0.2, 0.25) is 0 Å². The van der Waals surface area contributed by atoms with Gasteiger partial charge in [0.05, 0.1) is 7.11 Å². The normalized spacial score (nSPS) is 9.30. The van der Waals surface area contributed by atoms with Gasteiger partial charge in [-0.15, -0.1) is 0 Å². The summed E-state index contributed by atoms with van der Waals surface area (Å²) in [6.45, 7) is 0. The minimum Gasteiger partial charge on any atom is -0.507 e. The van der Waals surface area contributed by atoms with Crippen LogP contribution in [0.25, 0.3) is 0 Å². The molecule has 53 valence electrons. The minimum atomic E-state index is -0.0988. The van der Waals surface area contributed by atoms with Gasteiger partial charge in [-0.3, -0.25) is 0 Å². The molecule has 0 aromatic heterocycles. The van der Waals surface area contributed by atoms with E-state index in [-0.39, 0.29) is 11.5 Å². The number of aromatic hydroxyl groups is 2. The standard InChI is InChI=1S/C7H7O3/c1-10-7-3-2-5(8)4-6(7)9/h3-4,8-9H,1H3. The average Bonchev–Trinajstić information content (AvgIpc) is 1.88. The van der Waals surface area contributed by atoms with Crippen molar-refractivity contribution in [3.63, 3.8) is 0 Å². The van der Waals surface area contributed by atoms with Crippen LogP contribution in [-0.2, 0) is 0 Å². The Hall–Kier alpha value is -1.38. The van der Waals surface area contributed by atoms with Crippen LogP contribution in [0, 0.1) is 6.07 Å². The van der Waals surface area contributed by atoms with E-state index in [4.69, 9.17) is 14.9 Å². The molecule has 0 aliphatic carbocycles. The summed E-state index contributed by atoms with van der Waals surface area (Å²) in [7, 11) is 1.43. The van der Waals surface area contributed by atoms with Crippen LogP contribution in [0.5, 0.6) is 17.2 Å². The number of hydrogen-bond acceptors (Lipinski definition) is 3. The van der Waals surface area contributed by atoms with Crippen molar-refractivity contribution in [1.29, 1.82) is 0 Å². The third-order valence-corrected chi connectivity index (χ3v) is 1.10. The first kappa shape index (κ1) is 6.74. The zero-order valence-electron chi connectivity index (χ0n) is 5.46. The van der Waals surface area contributed by atoms with Crippen LogP contribution < -0.4 is 4.74 Å². The lowest BCUT2D eigenvalue weighted by atomic mass is 10.3. The summed E-state index contributed by atoms with van der Waals surface area (Å²) < 4.78 is 4.71. The molecule has 10 heavy (non-hydrogen) atoms. The molecule has 3 heteroatoms. The van der Waals surface area contributed by atoms with Gasteiger partial charge in [-0.1, -0.05) is 0 Å². The SMILES string of the molecule is COc1c[c]c(O)cc1O. The van der Waals surface area contributed by atoms with E-state index in [0.717, 1.165) is 0 Å². The van der Waals surface area contributed by atoms with Gasteiger partial charge in [-0.2, -0.15) is 0 Å². The lowest BCUT2D eigenvalue weighted by molar-refractivity contribution is 0.369. The molecule has 1 aromatic carbocycles. The smallest absolute Gasteiger partial charge is 0.161 e. The van der Waals surface area contributed by atoms with Gasteiger partial charge in [-0.25, -0.2) is 0 Å². The van der Waals surface area contributed by atoms with E-state index in [1.807, 2.05) is 0 Å². The predicted octanol–water partition coefficient (Wildman–Crippen LogP) is 0.907. The molecule has 1 aromatic rings. The van der Waals surface area contributed by atoms with Gasteiger partial charge in [0.15, 0.2) is 11.5 Å². The van der Waals surface area contributed by atoms with E-state index in [2.05, 4.69) is 6.07 Å². The Morgan fingerprint density at radius 3 is 2.70 bits per heavy atom. The summed E-state index contributed by atoms with van der Waals surface area (Å²) in [4.78, 5) is 0. The number of benzene rings is 1. The van der Waals surface area contributed by atoms with E-state index < -0.39 is 0 Å². The first-order valence-electron chi connectivity index (χ1n) is 2.71. The first-order chi connectivity index (χ1) is 4.74. The summed E-state index contributed by atoms with van der Waals surface area (Å²) in [5.41, 5.74) is 0. The Morgan fingerprint density at radius 1 is 1.50 bits per heavy atom. The zero-order chi connectivity index (χ0) is 7.56. The van der Waals surface area contributed by atoms with Gasteiger partial charge >= 0.3 is 0 Å². The summed E-state index contributed by atoms with van der Waals surface area (Å²) in [5, 5.41) is 17.7. The number of phenols is 2. The number of methoxy groups -OCH3 is 1. The molecule has 0 aliphatic rings. The van der Waals surface area contributed by atoms with Gasteiger partial charge in [0.1, 0.15) is 5.75 Å². The first-order valence-corrected chi connectivity index (χ1v) is 2.71. The zero-order valence-corrected chi connectivity index (χ0v) is 5.46. The molecule has 0 spiro atoms. The lowest BCUT2D eigenvalue weighted by Crippen LogP contribution is -1.81. The highest BCUT2D eigenvalue weighted by Crippen LogP contribution is 2.28. The highest BCUT2D eigenvalue weighted by molar-refractivity contribution is 5.42. The van der Waals surface area contributed by atoms with Gasteiger partial charge < -0.3 is 14.9 Å². The lowest BCUT2D eigenvalue weighted by Gasteiger charge is -2.00. The molecule has 0 bridgehead atoms. The monoisotopic (exact) mass is 139 g/mol. The molecule has 0 aliphatic heterocycles. The molecular formula is C7H7O3. The molecule has 3 nitrogen and oxygen atoms in total. The second-order valence-electron chi connectivity index (χ2n) is 1.77. The maximum atomic E-state index is 8.99. The van der Waals surface area contributed by atoms with E-state index in [9.17, 15) is 0 Å². The molecule has 1 rings (SSSR count). The van der Waals surface area contributed by atoms with Gasteiger partial charge in [-0.05, 0) is 6.07 Å². The maximum absolute atomic E-state index is 8.99. The number of phenolic OH excluding ortho intramolecular Hbond substituents is 2. The van der Waals surface area contributed by atoms with Gasteiger partial charge in [0.25, 0.3) is 0 Å². The molecule has 0 fully saturated rings. The van der Waals surface area contributed by atoms with Crippen LogP contribution in [0.4, 0.5) is 0 Å². The van der Waals surface area contributed by atoms with Crippen molar-refractivity contribution in [2.75, 3.05) is 7.11 Å². The van der Waals surface area contributed by atoms with Crippen molar-refractivity contribution < 1.29 is 14.9 Å². The fraction of sp³-hybridized carbons (Fsp3) is 0.143. The molecule has 0 heterocycles. The molecule has 0 amide bonds. The van der Waals surface area contributed by atoms with Crippen molar-refractivity contribution in [2.45, 2.75) is 0 Å². The maximum Gasteiger partial charge on any atom is 0.161 e. The fourth-order valence-electron chi connectivity index (χ4n) is 0.619. The summed E-state index contributed by atoms with van der Waals surface area (Å²) >= 11 is 0. The Kier molecular flexibility index (Phi) is 1.67. The molecular weight excluding hydrogens is 132 g/mol. The van der Waals surface area contributed by atoms with Crippen LogP contribution in [-0.4, -0.2) is 17.3 Å². The topological polar surface area (TPSA) is 49.7 Å². The predicted molar refractivity (Wildman–Crippen MR) is 35.2 cm³/mol. The third kappa shape index (κ3) is 1.13. The van der Waals surface area contributed by atoms with Crippen LogP contribution >= 0.6 is 0 Å².